The molecule has 16 heavy (non-hydrogen) atoms. The van der Waals surface area contributed by atoms with Gasteiger partial charge < -0.3 is 15.5 Å². The number of nitrogens with zero attached hydrogens (tertiary/aromatic N) is 1. The van der Waals surface area contributed by atoms with Crippen molar-refractivity contribution in [1.29, 1.82) is 0 Å². The largest absolute Gasteiger partial charge is 0.379 e. The first-order chi connectivity index (χ1) is 7.69. The molecule has 84 valence electrons. The van der Waals surface area contributed by atoms with E-state index in [0.29, 0.717) is 36.5 Å². The Bertz CT molecular complexity index is 531. The van der Waals surface area contributed by atoms with E-state index in [-0.39, 0.29) is 5.82 Å². The zero-order chi connectivity index (χ0) is 11.2. The van der Waals surface area contributed by atoms with Crippen LogP contribution in [0, 0.1) is 5.82 Å². The fourth-order valence-electron chi connectivity index (χ4n) is 2.00. The van der Waals surface area contributed by atoms with Gasteiger partial charge in [-0.15, -0.1) is 0 Å². The fraction of sp³-hybridized carbons (Fsp3) is 0.364. The number of aromatic amines is 1. The van der Waals surface area contributed by atoms with E-state index in [4.69, 9.17) is 10.5 Å². The molecule has 1 aromatic heterocycles. The van der Waals surface area contributed by atoms with E-state index in [9.17, 15) is 4.39 Å². The molecule has 0 bridgehead atoms. The van der Waals surface area contributed by atoms with Crippen molar-refractivity contribution in [1.82, 2.24) is 9.97 Å². The molecule has 1 aliphatic heterocycles. The monoisotopic (exact) mass is 221 g/mol. The van der Waals surface area contributed by atoms with Crippen LogP contribution in [0.3, 0.4) is 0 Å². The van der Waals surface area contributed by atoms with Gasteiger partial charge in [0.25, 0.3) is 0 Å². The minimum atomic E-state index is -0.606. The quantitative estimate of drug-likeness (QED) is 0.762. The maximum Gasteiger partial charge on any atom is 0.151 e. The summed E-state index contributed by atoms with van der Waals surface area (Å²) in [5, 5.41) is 0. The van der Waals surface area contributed by atoms with Crippen molar-refractivity contribution in [3.8, 4) is 0 Å². The number of ether oxygens (including phenoxy) is 1. The van der Waals surface area contributed by atoms with Gasteiger partial charge in [0.2, 0.25) is 0 Å². The highest BCUT2D eigenvalue weighted by molar-refractivity contribution is 5.75. The van der Waals surface area contributed by atoms with Crippen LogP contribution < -0.4 is 5.73 Å². The molecule has 3 N–H and O–H groups in total. The highest BCUT2D eigenvalue weighted by Gasteiger charge is 2.35. The summed E-state index contributed by atoms with van der Waals surface area (Å²) in [6.45, 7) is 1.05. The number of nitrogens with two attached hydrogens (primary N) is 1. The molecule has 0 aliphatic carbocycles. The number of benzene rings is 1. The summed E-state index contributed by atoms with van der Waals surface area (Å²) in [5.41, 5.74) is 6.56. The number of aromatic nitrogens is 2. The molecule has 5 heteroatoms. The van der Waals surface area contributed by atoms with E-state index in [1.54, 1.807) is 12.1 Å². The summed E-state index contributed by atoms with van der Waals surface area (Å²) in [6.07, 6.45) is 0.703. The van der Waals surface area contributed by atoms with Crippen molar-refractivity contribution >= 4 is 11.0 Å². The lowest BCUT2D eigenvalue weighted by Gasteiger charge is -2.17. The third kappa shape index (κ3) is 1.32. The minimum Gasteiger partial charge on any atom is -0.379 e. The van der Waals surface area contributed by atoms with E-state index in [1.807, 2.05) is 0 Å². The fourth-order valence-corrected chi connectivity index (χ4v) is 2.00. The number of rotatable bonds is 1. The van der Waals surface area contributed by atoms with E-state index in [0.717, 1.165) is 0 Å². The summed E-state index contributed by atoms with van der Waals surface area (Å²) < 4.78 is 18.7. The SMILES string of the molecule is NC1(c2nc3c(F)cccc3[nH]2)CCOC1. The molecule has 0 spiro atoms. The van der Waals surface area contributed by atoms with Gasteiger partial charge in [-0.3, -0.25) is 0 Å². The number of H-pyrrole nitrogens is 1. The lowest BCUT2D eigenvalue weighted by atomic mass is 10.00. The number of hydrogen-bond acceptors (Lipinski definition) is 3. The van der Waals surface area contributed by atoms with Crippen LogP contribution >= 0.6 is 0 Å². The summed E-state index contributed by atoms with van der Waals surface area (Å²) in [4.78, 5) is 7.29. The molecule has 2 aromatic rings. The molecule has 0 saturated carbocycles. The number of fused-ring (bicyclic) bond motifs is 1. The molecular formula is C11H12FN3O. The van der Waals surface area contributed by atoms with Gasteiger partial charge in [-0.05, 0) is 18.6 Å². The predicted molar refractivity (Wildman–Crippen MR) is 57.4 cm³/mol. The lowest BCUT2D eigenvalue weighted by Crippen LogP contribution is -2.38. The Morgan fingerprint density at radius 2 is 2.38 bits per heavy atom. The van der Waals surface area contributed by atoms with Crippen molar-refractivity contribution in [2.24, 2.45) is 5.73 Å². The van der Waals surface area contributed by atoms with Crippen LogP contribution in [0.4, 0.5) is 4.39 Å². The molecule has 4 nitrogen and oxygen atoms in total. The van der Waals surface area contributed by atoms with E-state index >= 15 is 0 Å². The van der Waals surface area contributed by atoms with Crippen molar-refractivity contribution < 1.29 is 9.13 Å². The molecular weight excluding hydrogens is 209 g/mol. The minimum absolute atomic E-state index is 0.331. The molecule has 1 atom stereocenters. The second kappa shape index (κ2) is 3.26. The van der Waals surface area contributed by atoms with Gasteiger partial charge in [0.15, 0.2) is 5.82 Å². The summed E-state index contributed by atoms with van der Waals surface area (Å²) >= 11 is 0. The number of nitrogens with one attached hydrogen (secondary N) is 1. The highest BCUT2D eigenvalue weighted by Crippen LogP contribution is 2.27. The van der Waals surface area contributed by atoms with Gasteiger partial charge in [0.1, 0.15) is 16.9 Å². The van der Waals surface area contributed by atoms with Crippen LogP contribution in [-0.4, -0.2) is 23.2 Å². The molecule has 2 heterocycles. The molecule has 1 aliphatic rings. The molecule has 0 amide bonds. The van der Waals surface area contributed by atoms with Crippen molar-refractivity contribution in [3.63, 3.8) is 0 Å². The molecule has 0 radical (unpaired) electrons. The number of halogens is 1. The van der Waals surface area contributed by atoms with Crippen LogP contribution in [0.25, 0.3) is 11.0 Å². The maximum atomic E-state index is 13.5. The first-order valence-electron chi connectivity index (χ1n) is 5.20. The Balaban J connectivity index is 2.15. The first-order valence-corrected chi connectivity index (χ1v) is 5.20. The Kier molecular flexibility index (Phi) is 1.99. The van der Waals surface area contributed by atoms with Crippen molar-refractivity contribution in [2.45, 2.75) is 12.0 Å². The van der Waals surface area contributed by atoms with Crippen LogP contribution in [0.1, 0.15) is 12.2 Å². The van der Waals surface area contributed by atoms with Crippen LogP contribution in [-0.2, 0) is 10.3 Å². The molecule has 1 fully saturated rings. The van der Waals surface area contributed by atoms with Crippen molar-refractivity contribution in [2.75, 3.05) is 13.2 Å². The lowest BCUT2D eigenvalue weighted by molar-refractivity contribution is 0.176. The van der Waals surface area contributed by atoms with Crippen LogP contribution in [0.2, 0.25) is 0 Å². The Morgan fingerprint density at radius 1 is 1.50 bits per heavy atom. The average Bonchev–Trinajstić information content (AvgIpc) is 2.85. The molecule has 1 aromatic carbocycles. The van der Waals surface area contributed by atoms with Gasteiger partial charge in [0, 0.05) is 6.61 Å². The van der Waals surface area contributed by atoms with E-state index < -0.39 is 5.54 Å². The first kappa shape index (κ1) is 9.74. The highest BCUT2D eigenvalue weighted by atomic mass is 19.1. The molecule has 3 rings (SSSR count). The van der Waals surface area contributed by atoms with Gasteiger partial charge in [-0.2, -0.15) is 0 Å². The van der Waals surface area contributed by atoms with Crippen LogP contribution in [0.15, 0.2) is 18.2 Å². The third-order valence-electron chi connectivity index (χ3n) is 2.99. The zero-order valence-electron chi connectivity index (χ0n) is 8.66. The average molecular weight is 221 g/mol. The Hall–Kier alpha value is -1.46. The topological polar surface area (TPSA) is 63.9 Å². The predicted octanol–water partition coefficient (Wildman–Crippen LogP) is 1.28. The van der Waals surface area contributed by atoms with Gasteiger partial charge in [-0.25, -0.2) is 9.37 Å². The number of hydrogen-bond donors (Lipinski definition) is 2. The standard InChI is InChI=1S/C11H12FN3O/c12-7-2-1-3-8-9(7)15-10(14-8)11(13)4-5-16-6-11/h1-3H,4-6,13H2,(H,14,15). The number of para-hydroxylation sites is 1. The van der Waals surface area contributed by atoms with E-state index in [2.05, 4.69) is 9.97 Å². The number of imidazole rings is 1. The van der Waals surface area contributed by atoms with Gasteiger partial charge in [0.05, 0.1) is 12.1 Å². The normalized spacial score (nSPS) is 25.4. The molecule has 1 unspecified atom stereocenters. The Labute approximate surface area is 91.6 Å². The maximum absolute atomic E-state index is 13.5. The van der Waals surface area contributed by atoms with E-state index in [1.165, 1.54) is 6.07 Å². The molecule has 1 saturated heterocycles. The summed E-state index contributed by atoms with van der Waals surface area (Å²) in [7, 11) is 0. The zero-order valence-corrected chi connectivity index (χ0v) is 8.66. The third-order valence-corrected chi connectivity index (χ3v) is 2.99. The summed E-state index contributed by atoms with van der Waals surface area (Å²) in [5.74, 6) is 0.271. The summed E-state index contributed by atoms with van der Waals surface area (Å²) in [6, 6.07) is 4.82. The Morgan fingerprint density at radius 3 is 3.06 bits per heavy atom. The smallest absolute Gasteiger partial charge is 0.151 e. The van der Waals surface area contributed by atoms with Crippen molar-refractivity contribution in [3.05, 3.63) is 29.8 Å². The van der Waals surface area contributed by atoms with Gasteiger partial charge >= 0.3 is 0 Å². The van der Waals surface area contributed by atoms with Crippen LogP contribution in [0.5, 0.6) is 0 Å². The van der Waals surface area contributed by atoms with Gasteiger partial charge in [-0.1, -0.05) is 6.07 Å². The second-order valence-electron chi connectivity index (χ2n) is 4.18. The second-order valence-corrected chi connectivity index (χ2v) is 4.18.